The van der Waals surface area contributed by atoms with Crippen molar-refractivity contribution in [2.45, 2.75) is 58.0 Å². The molecular formula is C11H24O4. The standard InChI is InChI=1S/C11H24O4/c1-7(2)11(14,9(4)12)10(13)6-8(3)15-5/h7-10,12-14H,6H2,1-5H3/t8-,9+,10?,11?/m0/s1. The molecule has 3 N–H and O–H groups in total. The van der Waals surface area contributed by atoms with E-state index in [2.05, 4.69) is 0 Å². The Morgan fingerprint density at radius 2 is 1.60 bits per heavy atom. The van der Waals surface area contributed by atoms with Crippen molar-refractivity contribution in [1.29, 1.82) is 0 Å². The maximum Gasteiger partial charge on any atom is 0.118 e. The topological polar surface area (TPSA) is 69.9 Å². The SMILES string of the molecule is CO[C@@H](C)CC(O)C(O)(C(C)C)[C@@H](C)O. The molecule has 4 nitrogen and oxygen atoms in total. The Bertz CT molecular complexity index is 171. The van der Waals surface area contributed by atoms with Crippen molar-refractivity contribution in [1.82, 2.24) is 0 Å². The number of aliphatic hydroxyl groups is 3. The maximum atomic E-state index is 10.2. The summed E-state index contributed by atoms with van der Waals surface area (Å²) in [6, 6.07) is 0. The van der Waals surface area contributed by atoms with Gasteiger partial charge < -0.3 is 20.1 Å². The van der Waals surface area contributed by atoms with Gasteiger partial charge in [0.25, 0.3) is 0 Å². The van der Waals surface area contributed by atoms with Crippen molar-refractivity contribution in [2.75, 3.05) is 7.11 Å². The van der Waals surface area contributed by atoms with Gasteiger partial charge in [-0.2, -0.15) is 0 Å². The first-order valence-corrected chi connectivity index (χ1v) is 5.38. The molecule has 0 aliphatic carbocycles. The average Bonchev–Trinajstić information content (AvgIpc) is 2.15. The minimum atomic E-state index is -1.48. The molecule has 0 aliphatic heterocycles. The van der Waals surface area contributed by atoms with Crippen molar-refractivity contribution in [2.24, 2.45) is 5.92 Å². The molecule has 0 heterocycles. The third-order valence-corrected chi connectivity index (χ3v) is 3.09. The second-order valence-corrected chi connectivity index (χ2v) is 4.52. The molecule has 0 aromatic carbocycles. The summed E-state index contributed by atoms with van der Waals surface area (Å²) in [6.45, 7) is 6.84. The molecule has 4 atom stereocenters. The van der Waals surface area contributed by atoms with Crippen molar-refractivity contribution in [3.05, 3.63) is 0 Å². The first-order chi connectivity index (χ1) is 6.76. The highest BCUT2D eigenvalue weighted by molar-refractivity contribution is 4.94. The molecule has 15 heavy (non-hydrogen) atoms. The van der Waals surface area contributed by atoms with Crippen LogP contribution < -0.4 is 0 Å². The summed E-state index contributed by atoms with van der Waals surface area (Å²) in [5, 5.41) is 29.7. The van der Waals surface area contributed by atoms with Gasteiger partial charge in [0.15, 0.2) is 0 Å². The zero-order chi connectivity index (χ0) is 12.2. The van der Waals surface area contributed by atoms with E-state index in [1.807, 2.05) is 6.92 Å². The Labute approximate surface area is 91.9 Å². The van der Waals surface area contributed by atoms with Gasteiger partial charge in [0.05, 0.1) is 18.3 Å². The van der Waals surface area contributed by atoms with E-state index in [4.69, 9.17) is 4.74 Å². The van der Waals surface area contributed by atoms with Gasteiger partial charge >= 0.3 is 0 Å². The fourth-order valence-electron chi connectivity index (χ4n) is 1.75. The van der Waals surface area contributed by atoms with E-state index < -0.39 is 17.8 Å². The molecule has 0 bridgehead atoms. The van der Waals surface area contributed by atoms with E-state index in [0.29, 0.717) is 6.42 Å². The zero-order valence-corrected chi connectivity index (χ0v) is 10.3. The monoisotopic (exact) mass is 220 g/mol. The lowest BCUT2D eigenvalue weighted by atomic mass is 9.79. The predicted molar refractivity (Wildman–Crippen MR) is 58.6 cm³/mol. The van der Waals surface area contributed by atoms with Gasteiger partial charge in [0, 0.05) is 13.5 Å². The van der Waals surface area contributed by atoms with Crippen LogP contribution in [0, 0.1) is 5.92 Å². The first kappa shape index (κ1) is 14.8. The fraction of sp³-hybridized carbons (Fsp3) is 1.00. The molecule has 0 fully saturated rings. The van der Waals surface area contributed by atoms with Crippen LogP contribution >= 0.6 is 0 Å². The highest BCUT2D eigenvalue weighted by atomic mass is 16.5. The van der Waals surface area contributed by atoms with E-state index in [0.717, 1.165) is 0 Å². The van der Waals surface area contributed by atoms with E-state index in [1.54, 1.807) is 21.0 Å². The summed E-state index contributed by atoms with van der Waals surface area (Å²) in [5.74, 6) is -0.225. The Morgan fingerprint density at radius 3 is 1.87 bits per heavy atom. The first-order valence-electron chi connectivity index (χ1n) is 5.38. The van der Waals surface area contributed by atoms with Gasteiger partial charge in [-0.15, -0.1) is 0 Å². The highest BCUT2D eigenvalue weighted by Crippen LogP contribution is 2.28. The third kappa shape index (κ3) is 3.41. The molecule has 0 rings (SSSR count). The number of hydrogen-bond acceptors (Lipinski definition) is 4. The minimum absolute atomic E-state index is 0.149. The lowest BCUT2D eigenvalue weighted by Crippen LogP contribution is -2.55. The van der Waals surface area contributed by atoms with Crippen molar-refractivity contribution in [3.63, 3.8) is 0 Å². The number of ether oxygens (including phenoxy) is 1. The molecule has 0 aliphatic rings. The van der Waals surface area contributed by atoms with Gasteiger partial charge in [0.2, 0.25) is 0 Å². The molecule has 0 amide bonds. The number of rotatable bonds is 6. The predicted octanol–water partition coefficient (Wildman–Crippen LogP) is 0.540. The van der Waals surface area contributed by atoms with Crippen LogP contribution in [0.5, 0.6) is 0 Å². The quantitative estimate of drug-likeness (QED) is 0.611. The Morgan fingerprint density at radius 1 is 1.13 bits per heavy atom. The summed E-state index contributed by atoms with van der Waals surface area (Å²) in [5.41, 5.74) is -1.48. The van der Waals surface area contributed by atoms with Crippen LogP contribution in [0.4, 0.5) is 0 Å². The molecule has 2 unspecified atom stereocenters. The van der Waals surface area contributed by atoms with Crippen LogP contribution in [-0.4, -0.2) is 46.3 Å². The normalized spacial score (nSPS) is 22.2. The largest absolute Gasteiger partial charge is 0.390 e. The number of methoxy groups -OCH3 is 1. The van der Waals surface area contributed by atoms with Crippen LogP contribution in [0.3, 0.4) is 0 Å². The minimum Gasteiger partial charge on any atom is -0.390 e. The van der Waals surface area contributed by atoms with E-state index >= 15 is 0 Å². The average molecular weight is 220 g/mol. The highest BCUT2D eigenvalue weighted by Gasteiger charge is 2.43. The number of hydrogen-bond donors (Lipinski definition) is 3. The maximum absolute atomic E-state index is 10.2. The third-order valence-electron chi connectivity index (χ3n) is 3.09. The summed E-state index contributed by atoms with van der Waals surface area (Å²) in [7, 11) is 1.55. The zero-order valence-electron chi connectivity index (χ0n) is 10.3. The molecular weight excluding hydrogens is 196 g/mol. The molecule has 0 aromatic heterocycles. The molecule has 4 heteroatoms. The smallest absolute Gasteiger partial charge is 0.118 e. The summed E-state index contributed by atoms with van der Waals surface area (Å²) in [4.78, 5) is 0. The van der Waals surface area contributed by atoms with Gasteiger partial charge in [-0.05, 0) is 19.8 Å². The van der Waals surface area contributed by atoms with E-state index in [1.165, 1.54) is 6.92 Å². The molecule has 92 valence electrons. The molecule has 0 saturated carbocycles. The van der Waals surface area contributed by atoms with Gasteiger partial charge in [-0.3, -0.25) is 0 Å². The van der Waals surface area contributed by atoms with Gasteiger partial charge in [-0.25, -0.2) is 0 Å². The fourth-order valence-corrected chi connectivity index (χ4v) is 1.75. The van der Waals surface area contributed by atoms with E-state index in [-0.39, 0.29) is 12.0 Å². The molecule has 0 spiro atoms. The van der Waals surface area contributed by atoms with Gasteiger partial charge in [0.1, 0.15) is 5.60 Å². The van der Waals surface area contributed by atoms with Crippen molar-refractivity contribution >= 4 is 0 Å². The summed E-state index contributed by atoms with van der Waals surface area (Å²) >= 11 is 0. The van der Waals surface area contributed by atoms with Gasteiger partial charge in [-0.1, -0.05) is 13.8 Å². The lowest BCUT2D eigenvalue weighted by molar-refractivity contribution is -0.174. The van der Waals surface area contributed by atoms with Crippen molar-refractivity contribution in [3.8, 4) is 0 Å². The summed E-state index contributed by atoms with van der Waals surface area (Å²) < 4.78 is 5.02. The van der Waals surface area contributed by atoms with Crippen LogP contribution in [-0.2, 0) is 4.74 Å². The Hall–Kier alpha value is -0.160. The molecule has 0 radical (unpaired) electrons. The number of aliphatic hydroxyl groups excluding tert-OH is 2. The molecule has 0 saturated heterocycles. The lowest BCUT2D eigenvalue weighted by Gasteiger charge is -2.39. The van der Waals surface area contributed by atoms with E-state index in [9.17, 15) is 15.3 Å². The van der Waals surface area contributed by atoms with Crippen LogP contribution in [0.25, 0.3) is 0 Å². The summed E-state index contributed by atoms with van der Waals surface area (Å²) in [6.07, 6.45) is -1.82. The van der Waals surface area contributed by atoms with Crippen LogP contribution in [0.2, 0.25) is 0 Å². The second-order valence-electron chi connectivity index (χ2n) is 4.52. The van der Waals surface area contributed by atoms with Crippen molar-refractivity contribution < 1.29 is 20.1 Å². The molecule has 0 aromatic rings. The Balaban J connectivity index is 4.63. The van der Waals surface area contributed by atoms with Crippen LogP contribution in [0.15, 0.2) is 0 Å². The second kappa shape index (κ2) is 5.80. The van der Waals surface area contributed by atoms with Crippen LogP contribution in [0.1, 0.15) is 34.1 Å². The Kier molecular flexibility index (Phi) is 5.73.